The Labute approximate surface area is 317 Å². The SMILES string of the molecule is CCCCCCCCCCC(O)CN(CCCCCCC1C2(C(N)=O)CC3CC(C(N)=O)(C2)CC1(C(N)=O)C3)CC(O)CCCCCCCCCC. The van der Waals surface area contributed by atoms with Crippen LogP contribution in [0.25, 0.3) is 0 Å². The maximum absolute atomic E-state index is 13.1. The Hall–Kier alpha value is -1.71. The molecule has 0 aliphatic heterocycles. The first-order valence-electron chi connectivity index (χ1n) is 21.9. The minimum absolute atomic E-state index is 0.0639. The van der Waals surface area contributed by atoms with E-state index in [0.717, 1.165) is 57.9 Å². The predicted molar refractivity (Wildman–Crippen MR) is 211 cm³/mol. The van der Waals surface area contributed by atoms with Gasteiger partial charge in [0.25, 0.3) is 0 Å². The summed E-state index contributed by atoms with van der Waals surface area (Å²) in [4.78, 5) is 41.3. The number of unbranched alkanes of at least 4 members (excludes halogenated alkanes) is 17. The standard InChI is InChI=1S/C43H80N4O5/c1-3-5-7-9-11-13-15-19-23-35(48)30-47(31-36(49)24-20-16-14-12-10-8-6-4-2)26-22-18-17-21-25-37-42(39(45)51)28-34-27-41(32-42,38(44)50)33-43(37,29-34)40(46)52/h34-37,48-49H,3-33H2,1-2H3,(H2,44,50)(H2,45,51)(H2,46,52). The van der Waals surface area contributed by atoms with Gasteiger partial charge in [0.05, 0.1) is 28.5 Å². The molecule has 8 N–H and O–H groups in total. The lowest BCUT2D eigenvalue weighted by Gasteiger charge is -2.67. The summed E-state index contributed by atoms with van der Waals surface area (Å²) in [6.07, 6.45) is 27.8. The van der Waals surface area contributed by atoms with E-state index in [4.69, 9.17) is 17.2 Å². The van der Waals surface area contributed by atoms with Gasteiger partial charge in [0.1, 0.15) is 0 Å². The second-order valence-electron chi connectivity index (χ2n) is 17.9. The van der Waals surface area contributed by atoms with Crippen LogP contribution in [0, 0.1) is 28.1 Å². The van der Waals surface area contributed by atoms with E-state index in [1.165, 1.54) is 89.9 Å². The van der Waals surface area contributed by atoms with Crippen molar-refractivity contribution < 1.29 is 24.6 Å². The van der Waals surface area contributed by atoms with Crippen LogP contribution < -0.4 is 17.2 Å². The summed E-state index contributed by atoms with van der Waals surface area (Å²) in [6.45, 7) is 6.51. The van der Waals surface area contributed by atoms with Crippen LogP contribution in [-0.4, -0.2) is 64.7 Å². The summed E-state index contributed by atoms with van der Waals surface area (Å²) in [7, 11) is 0. The van der Waals surface area contributed by atoms with E-state index in [1.54, 1.807) is 0 Å². The van der Waals surface area contributed by atoms with E-state index in [9.17, 15) is 24.6 Å². The lowest BCUT2D eigenvalue weighted by Crippen LogP contribution is -2.70. The van der Waals surface area contributed by atoms with Crippen LogP contribution in [0.2, 0.25) is 0 Å². The van der Waals surface area contributed by atoms with Gasteiger partial charge < -0.3 is 27.4 Å². The minimum Gasteiger partial charge on any atom is -0.392 e. The number of aliphatic hydroxyl groups is 2. The second-order valence-corrected chi connectivity index (χ2v) is 17.9. The molecule has 4 aliphatic carbocycles. The average Bonchev–Trinajstić information content (AvgIpc) is 3.09. The van der Waals surface area contributed by atoms with Gasteiger partial charge in [0.2, 0.25) is 17.7 Å². The van der Waals surface area contributed by atoms with Gasteiger partial charge in [-0.15, -0.1) is 0 Å². The van der Waals surface area contributed by atoms with Gasteiger partial charge >= 0.3 is 0 Å². The topological polar surface area (TPSA) is 173 Å². The van der Waals surface area contributed by atoms with Crippen LogP contribution in [0.15, 0.2) is 0 Å². The van der Waals surface area contributed by atoms with E-state index in [0.29, 0.717) is 51.6 Å². The molecule has 4 fully saturated rings. The number of carbonyl (C=O) groups is 3. The van der Waals surface area contributed by atoms with Crippen molar-refractivity contribution in [1.29, 1.82) is 0 Å². The van der Waals surface area contributed by atoms with Gasteiger partial charge in [-0.1, -0.05) is 136 Å². The number of amides is 3. The zero-order chi connectivity index (χ0) is 38.0. The molecule has 9 nitrogen and oxygen atoms in total. The molecule has 0 radical (unpaired) electrons. The highest BCUT2D eigenvalue weighted by Gasteiger charge is 2.73. The number of nitrogens with two attached hydrogens (primary N) is 3. The van der Waals surface area contributed by atoms with Crippen LogP contribution in [0.5, 0.6) is 0 Å². The minimum atomic E-state index is -0.906. The van der Waals surface area contributed by atoms with Gasteiger partial charge in [-0.2, -0.15) is 0 Å². The first-order valence-corrected chi connectivity index (χ1v) is 21.9. The average molecular weight is 733 g/mol. The van der Waals surface area contributed by atoms with Gasteiger partial charge in [-0.05, 0) is 76.2 Å². The maximum atomic E-state index is 13.1. The van der Waals surface area contributed by atoms with E-state index in [2.05, 4.69) is 18.7 Å². The molecule has 4 aliphatic rings. The molecule has 0 aromatic rings. The Morgan fingerprint density at radius 2 is 0.981 bits per heavy atom. The fraction of sp³-hybridized carbons (Fsp3) is 0.930. The fourth-order valence-electron chi connectivity index (χ4n) is 11.1. The Balaban J connectivity index is 1.48. The largest absolute Gasteiger partial charge is 0.392 e. The molecule has 0 spiro atoms. The highest BCUT2D eigenvalue weighted by molar-refractivity contribution is 5.91. The summed E-state index contributed by atoms with van der Waals surface area (Å²) < 4.78 is 0. The maximum Gasteiger partial charge on any atom is 0.224 e. The summed E-state index contributed by atoms with van der Waals surface area (Å²) in [5.41, 5.74) is 15.5. The molecule has 4 unspecified atom stereocenters. The number of carbonyl (C=O) groups excluding carboxylic acids is 3. The molecule has 302 valence electrons. The Morgan fingerprint density at radius 3 is 1.40 bits per heavy atom. The molecule has 0 heterocycles. The predicted octanol–water partition coefficient (Wildman–Crippen LogP) is 7.66. The zero-order valence-electron chi connectivity index (χ0n) is 33.5. The van der Waals surface area contributed by atoms with Crippen molar-refractivity contribution >= 4 is 17.7 Å². The van der Waals surface area contributed by atoms with Crippen molar-refractivity contribution in [2.75, 3.05) is 19.6 Å². The monoisotopic (exact) mass is 733 g/mol. The molecule has 0 aromatic carbocycles. The number of aliphatic hydroxyl groups excluding tert-OH is 2. The number of hydrogen-bond acceptors (Lipinski definition) is 6. The lowest BCUT2D eigenvalue weighted by atomic mass is 9.34. The van der Waals surface area contributed by atoms with Crippen LogP contribution >= 0.6 is 0 Å². The van der Waals surface area contributed by atoms with Crippen molar-refractivity contribution in [3.05, 3.63) is 0 Å². The summed E-state index contributed by atoms with van der Waals surface area (Å²) in [6, 6.07) is 0. The van der Waals surface area contributed by atoms with E-state index in [1.807, 2.05) is 0 Å². The number of primary amides is 3. The molecule has 4 bridgehead atoms. The van der Waals surface area contributed by atoms with E-state index in [-0.39, 0.29) is 24.0 Å². The van der Waals surface area contributed by atoms with Gasteiger partial charge in [0.15, 0.2) is 0 Å². The Bertz CT molecular complexity index is 1010. The van der Waals surface area contributed by atoms with Crippen molar-refractivity contribution in [2.45, 2.75) is 206 Å². The number of rotatable bonds is 32. The second kappa shape index (κ2) is 22.6. The van der Waals surface area contributed by atoms with Crippen molar-refractivity contribution in [3.63, 3.8) is 0 Å². The normalized spacial score (nSPS) is 27.6. The third-order valence-electron chi connectivity index (χ3n) is 13.6. The molecule has 3 amide bonds. The Morgan fingerprint density at radius 1 is 0.577 bits per heavy atom. The highest BCUT2D eigenvalue weighted by Crippen LogP contribution is 2.73. The summed E-state index contributed by atoms with van der Waals surface area (Å²) in [5.74, 6) is -1.45. The first kappa shape index (κ1) is 44.7. The molecule has 4 saturated carbocycles. The molecule has 0 aromatic heterocycles. The smallest absolute Gasteiger partial charge is 0.224 e. The molecule has 9 heteroatoms. The van der Waals surface area contributed by atoms with Gasteiger partial charge in [-0.25, -0.2) is 0 Å². The lowest BCUT2D eigenvalue weighted by molar-refractivity contribution is -0.207. The Kier molecular flexibility index (Phi) is 19.4. The summed E-state index contributed by atoms with van der Waals surface area (Å²) >= 11 is 0. The molecule has 4 atom stereocenters. The van der Waals surface area contributed by atoms with Crippen LogP contribution in [-0.2, 0) is 14.4 Å². The van der Waals surface area contributed by atoms with Gasteiger partial charge in [-0.3, -0.25) is 19.3 Å². The van der Waals surface area contributed by atoms with E-state index >= 15 is 0 Å². The highest BCUT2D eigenvalue weighted by atomic mass is 16.3. The molecular weight excluding hydrogens is 652 g/mol. The van der Waals surface area contributed by atoms with Crippen LogP contribution in [0.4, 0.5) is 0 Å². The van der Waals surface area contributed by atoms with E-state index < -0.39 is 34.0 Å². The third-order valence-corrected chi connectivity index (χ3v) is 13.6. The molecule has 52 heavy (non-hydrogen) atoms. The first-order chi connectivity index (χ1) is 24.9. The number of hydrogen-bond donors (Lipinski definition) is 5. The van der Waals surface area contributed by atoms with Crippen LogP contribution in [0.1, 0.15) is 194 Å². The quantitative estimate of drug-likeness (QED) is 0.0444. The summed E-state index contributed by atoms with van der Waals surface area (Å²) in [5, 5.41) is 22.0. The van der Waals surface area contributed by atoms with Crippen molar-refractivity contribution in [3.8, 4) is 0 Å². The van der Waals surface area contributed by atoms with Crippen molar-refractivity contribution in [1.82, 2.24) is 4.90 Å². The van der Waals surface area contributed by atoms with Crippen molar-refractivity contribution in [2.24, 2.45) is 45.3 Å². The number of nitrogens with zero attached hydrogens (tertiary/aromatic N) is 1. The van der Waals surface area contributed by atoms with Crippen LogP contribution in [0.3, 0.4) is 0 Å². The molecular formula is C43H80N4O5. The third kappa shape index (κ3) is 12.7. The fourth-order valence-corrected chi connectivity index (χ4v) is 11.1. The zero-order valence-corrected chi connectivity index (χ0v) is 33.5. The van der Waals surface area contributed by atoms with Gasteiger partial charge in [0, 0.05) is 13.1 Å². The molecule has 4 rings (SSSR count). The molecule has 0 saturated heterocycles.